The zero-order valence-corrected chi connectivity index (χ0v) is 25.1. The van der Waals surface area contributed by atoms with Crippen LogP contribution in [-0.2, 0) is 16.1 Å². The molecular formula is C32H48F2N6O2. The molecule has 1 atom stereocenters. The van der Waals surface area contributed by atoms with E-state index in [0.717, 1.165) is 50.7 Å². The maximum absolute atomic E-state index is 12.3. The van der Waals surface area contributed by atoms with Crippen molar-refractivity contribution in [1.82, 2.24) is 20.9 Å². The number of piperidine rings is 1. The van der Waals surface area contributed by atoms with Gasteiger partial charge in [-0.05, 0) is 89.7 Å². The third-order valence-corrected chi connectivity index (χ3v) is 7.09. The van der Waals surface area contributed by atoms with Crippen LogP contribution in [-0.4, -0.2) is 68.7 Å². The molecule has 2 amide bonds. The summed E-state index contributed by atoms with van der Waals surface area (Å²) in [6.45, 7) is 7.13. The Kier molecular flexibility index (Phi) is 17.0. The topological polar surface area (TPSA) is 109 Å². The van der Waals surface area contributed by atoms with Crippen molar-refractivity contribution in [3.05, 3.63) is 64.7 Å². The number of nitrogens with zero attached hydrogens (tertiary/aromatic N) is 1. The average molecular weight is 587 g/mol. The number of alkyl halides is 2. The monoisotopic (exact) mass is 586 g/mol. The van der Waals surface area contributed by atoms with Crippen molar-refractivity contribution in [3.63, 3.8) is 0 Å². The smallest absolute Gasteiger partial charge is 0.312 e. The van der Waals surface area contributed by atoms with Crippen molar-refractivity contribution in [2.24, 2.45) is 0 Å². The van der Waals surface area contributed by atoms with Crippen LogP contribution >= 0.6 is 0 Å². The first-order chi connectivity index (χ1) is 20.3. The third-order valence-electron chi connectivity index (χ3n) is 7.09. The summed E-state index contributed by atoms with van der Waals surface area (Å²) in [5, 5.41) is 18.4. The molecule has 5 N–H and O–H groups in total. The summed E-state index contributed by atoms with van der Waals surface area (Å²) >= 11 is 0. The number of aryl methyl sites for hydroxylation is 2. The Bertz CT molecular complexity index is 1020. The van der Waals surface area contributed by atoms with Crippen molar-refractivity contribution in [1.29, 1.82) is 5.41 Å². The molecule has 0 radical (unpaired) electrons. The maximum Gasteiger partial charge on any atom is 0.312 e. The van der Waals surface area contributed by atoms with Gasteiger partial charge in [-0.1, -0.05) is 47.9 Å². The van der Waals surface area contributed by atoms with Crippen LogP contribution in [0.15, 0.2) is 42.5 Å². The number of nitrogens with one attached hydrogen (secondary N) is 5. The van der Waals surface area contributed by atoms with Crippen LogP contribution in [0.4, 0.5) is 14.5 Å². The minimum Gasteiger partial charge on any atom is -0.351 e. The Labute approximate surface area is 249 Å². The fraction of sp³-hybridized carbons (Fsp3) is 0.531. The first-order valence-corrected chi connectivity index (χ1v) is 14.9. The quantitative estimate of drug-likeness (QED) is 0.179. The van der Waals surface area contributed by atoms with E-state index in [1.54, 1.807) is 17.0 Å². The van der Waals surface area contributed by atoms with Gasteiger partial charge in [-0.15, -0.1) is 0 Å². The normalized spacial score (nSPS) is 17.5. The summed E-state index contributed by atoms with van der Waals surface area (Å²) in [7, 11) is 0. The van der Waals surface area contributed by atoms with E-state index in [-0.39, 0.29) is 17.6 Å². The van der Waals surface area contributed by atoms with Gasteiger partial charge in [0.25, 0.3) is 0 Å². The molecule has 232 valence electrons. The van der Waals surface area contributed by atoms with Crippen LogP contribution in [0.3, 0.4) is 0 Å². The van der Waals surface area contributed by atoms with E-state index in [0.29, 0.717) is 12.1 Å². The largest absolute Gasteiger partial charge is 0.351 e. The zero-order valence-electron chi connectivity index (χ0n) is 25.1. The van der Waals surface area contributed by atoms with Gasteiger partial charge in [0.05, 0.1) is 6.04 Å². The lowest BCUT2D eigenvalue weighted by atomic mass is 10.1. The van der Waals surface area contributed by atoms with E-state index in [1.165, 1.54) is 62.4 Å². The lowest BCUT2D eigenvalue weighted by molar-refractivity contribution is -0.123. The highest BCUT2D eigenvalue weighted by atomic mass is 19.3. The highest BCUT2D eigenvalue weighted by Crippen LogP contribution is 2.18. The Morgan fingerprint density at radius 2 is 1.62 bits per heavy atom. The van der Waals surface area contributed by atoms with Gasteiger partial charge in [-0.25, -0.2) is 0 Å². The van der Waals surface area contributed by atoms with E-state index >= 15 is 0 Å². The molecule has 3 aliphatic heterocycles. The Morgan fingerprint density at radius 1 is 0.976 bits per heavy atom. The van der Waals surface area contributed by atoms with Crippen LogP contribution < -0.4 is 21.3 Å². The molecule has 8 nitrogen and oxygen atoms in total. The molecule has 3 saturated heterocycles. The van der Waals surface area contributed by atoms with Gasteiger partial charge >= 0.3 is 6.55 Å². The lowest BCUT2D eigenvalue weighted by Gasteiger charge is -2.13. The number of benzene rings is 2. The third kappa shape index (κ3) is 14.5. The second kappa shape index (κ2) is 20.5. The van der Waals surface area contributed by atoms with Gasteiger partial charge in [0.2, 0.25) is 12.3 Å². The Hall–Kier alpha value is -3.37. The number of likely N-dealkylation sites (tertiary alicyclic amines) is 1. The summed E-state index contributed by atoms with van der Waals surface area (Å²) < 4.78 is 24.6. The molecule has 3 aliphatic rings. The van der Waals surface area contributed by atoms with E-state index < -0.39 is 6.55 Å². The van der Waals surface area contributed by atoms with Crippen molar-refractivity contribution in [2.75, 3.05) is 38.0 Å². The molecule has 0 bridgehead atoms. The van der Waals surface area contributed by atoms with Crippen molar-refractivity contribution in [3.8, 4) is 0 Å². The fourth-order valence-electron chi connectivity index (χ4n) is 4.60. The minimum absolute atomic E-state index is 0.0568. The minimum atomic E-state index is -2.68. The molecule has 1 unspecified atom stereocenters. The number of rotatable bonds is 7. The zero-order chi connectivity index (χ0) is 30.6. The molecule has 3 heterocycles. The van der Waals surface area contributed by atoms with Gasteiger partial charge in [-0.2, -0.15) is 8.78 Å². The Balaban J connectivity index is 0.000000236. The predicted molar refractivity (Wildman–Crippen MR) is 166 cm³/mol. The van der Waals surface area contributed by atoms with Gasteiger partial charge in [-0.3, -0.25) is 9.59 Å². The van der Waals surface area contributed by atoms with E-state index in [1.807, 2.05) is 5.32 Å². The standard InChI is InChI=1S/C14H18F2N4O.C8H10.C5H9NO.C5H11N/c15-14(16)20-11-4-3-9(6-10(11)7-17)8-19-13(21)12-2-1-5-18-12;1-7-3-5-8(2)6-4-7;7-5-6-3-1-2-4-6;1-2-4-6-5-3-1/h3-4,6-7,12,14,17-18,20H,1-2,5,8H2,(H,19,21);3-6H,1-2H3;5H,1-4H2;6H,1-5H2. The second-order valence-electron chi connectivity index (χ2n) is 10.7. The second-order valence-corrected chi connectivity index (χ2v) is 10.7. The summed E-state index contributed by atoms with van der Waals surface area (Å²) in [6, 6.07) is 13.1. The van der Waals surface area contributed by atoms with Crippen LogP contribution in [0.5, 0.6) is 0 Å². The van der Waals surface area contributed by atoms with Gasteiger partial charge in [0, 0.05) is 37.1 Å². The maximum atomic E-state index is 12.3. The number of hydrogen-bond donors (Lipinski definition) is 5. The van der Waals surface area contributed by atoms with Crippen molar-refractivity contribution < 1.29 is 18.4 Å². The first-order valence-electron chi connectivity index (χ1n) is 14.9. The molecule has 0 saturated carbocycles. The molecule has 5 rings (SSSR count). The lowest BCUT2D eigenvalue weighted by Crippen LogP contribution is -2.40. The fourth-order valence-corrected chi connectivity index (χ4v) is 4.60. The molecule has 0 aromatic heterocycles. The molecule has 2 aromatic carbocycles. The first kappa shape index (κ1) is 34.8. The number of halogens is 2. The number of carbonyl (C=O) groups excluding carboxylic acids is 2. The molecule has 42 heavy (non-hydrogen) atoms. The molecule has 10 heteroatoms. The summed E-state index contributed by atoms with van der Waals surface area (Å²) in [5.74, 6) is -0.0568. The molecule has 2 aromatic rings. The highest BCUT2D eigenvalue weighted by molar-refractivity contribution is 5.86. The van der Waals surface area contributed by atoms with Gasteiger partial charge in [0.15, 0.2) is 0 Å². The Morgan fingerprint density at radius 3 is 2.05 bits per heavy atom. The van der Waals surface area contributed by atoms with Gasteiger partial charge < -0.3 is 31.6 Å². The summed E-state index contributed by atoms with van der Waals surface area (Å²) in [5.41, 5.74) is 3.99. The average Bonchev–Trinajstić information content (AvgIpc) is 3.75. The molecule has 0 spiro atoms. The van der Waals surface area contributed by atoms with E-state index in [4.69, 9.17) is 5.41 Å². The van der Waals surface area contributed by atoms with Crippen LogP contribution in [0, 0.1) is 19.3 Å². The number of hydrogen-bond acceptors (Lipinski definition) is 6. The van der Waals surface area contributed by atoms with Gasteiger partial charge in [0.1, 0.15) is 0 Å². The molecule has 0 aliphatic carbocycles. The number of anilines is 1. The van der Waals surface area contributed by atoms with E-state index in [9.17, 15) is 18.4 Å². The van der Waals surface area contributed by atoms with Crippen molar-refractivity contribution >= 4 is 24.2 Å². The van der Waals surface area contributed by atoms with Crippen LogP contribution in [0.25, 0.3) is 0 Å². The summed E-state index contributed by atoms with van der Waals surface area (Å²) in [6.07, 6.45) is 10.4. The van der Waals surface area contributed by atoms with Crippen LogP contribution in [0.1, 0.15) is 67.2 Å². The number of amides is 2. The van der Waals surface area contributed by atoms with Crippen molar-refractivity contribution in [2.45, 2.75) is 77.9 Å². The molecular weight excluding hydrogens is 538 g/mol. The predicted octanol–water partition coefficient (Wildman–Crippen LogP) is 4.99. The molecule has 3 fully saturated rings. The highest BCUT2D eigenvalue weighted by Gasteiger charge is 2.21. The van der Waals surface area contributed by atoms with E-state index in [2.05, 4.69) is 54.1 Å². The summed E-state index contributed by atoms with van der Waals surface area (Å²) in [4.78, 5) is 23.6. The van der Waals surface area contributed by atoms with Crippen LogP contribution in [0.2, 0.25) is 0 Å². The SMILES string of the molecule is C1CCNCC1.Cc1ccc(C)cc1.N=Cc1cc(CNC(=O)C2CCCN2)ccc1NC(F)F.O=CN1CCCC1. The number of carbonyl (C=O) groups is 2.